The molecule has 2 fully saturated rings. The van der Waals surface area contributed by atoms with Crippen LogP contribution in [0.5, 0.6) is 0 Å². The van der Waals surface area contributed by atoms with Gasteiger partial charge in [0.2, 0.25) is 11.8 Å². The third-order valence-corrected chi connectivity index (χ3v) is 7.70. The van der Waals surface area contributed by atoms with E-state index in [0.717, 1.165) is 56.0 Å². The number of imide groups is 1. The van der Waals surface area contributed by atoms with E-state index < -0.39 is 11.9 Å². The number of fused-ring (bicyclic) bond motifs is 1. The van der Waals surface area contributed by atoms with Crippen LogP contribution >= 0.6 is 0 Å². The number of amides is 3. The second-order valence-electron chi connectivity index (χ2n) is 10.2. The molecule has 2 aromatic rings. The number of nitrogens with one attached hydrogen (secondary N) is 1. The minimum atomic E-state index is -0.624. The van der Waals surface area contributed by atoms with Gasteiger partial charge in [0, 0.05) is 50.1 Å². The standard InChI is InChI=1S/C29H33N3O5/c1-19-2-5-22(17-21(19)10-11-31-12-14-37-15-13-31)26(33)8-4-20-3-6-24-23(16-20)18-32(29(24)36)25-7-9-27(34)30-28(25)35/h2-3,5-6,16-17,25H,4,7-15,18H2,1H3,(H,30,34,35). The summed E-state index contributed by atoms with van der Waals surface area (Å²) in [7, 11) is 0. The molecule has 8 nitrogen and oxygen atoms in total. The number of carbonyl (C=O) groups excluding carboxylic acids is 4. The largest absolute Gasteiger partial charge is 0.379 e. The van der Waals surface area contributed by atoms with E-state index in [0.29, 0.717) is 31.4 Å². The Morgan fingerprint density at radius 1 is 1.05 bits per heavy atom. The normalized spacial score (nSPS) is 20.2. The maximum atomic E-state index is 13.0. The van der Waals surface area contributed by atoms with Gasteiger partial charge in [-0.15, -0.1) is 0 Å². The topological polar surface area (TPSA) is 96.0 Å². The van der Waals surface area contributed by atoms with E-state index in [2.05, 4.69) is 17.1 Å². The lowest BCUT2D eigenvalue weighted by atomic mass is 9.96. The van der Waals surface area contributed by atoms with E-state index in [1.807, 2.05) is 30.3 Å². The van der Waals surface area contributed by atoms with Gasteiger partial charge >= 0.3 is 0 Å². The molecule has 2 saturated heterocycles. The van der Waals surface area contributed by atoms with Crippen LogP contribution < -0.4 is 5.32 Å². The zero-order valence-electron chi connectivity index (χ0n) is 21.3. The van der Waals surface area contributed by atoms with Crippen molar-refractivity contribution in [3.05, 3.63) is 69.8 Å². The van der Waals surface area contributed by atoms with Gasteiger partial charge in [0.25, 0.3) is 5.91 Å². The summed E-state index contributed by atoms with van der Waals surface area (Å²) in [5, 5.41) is 2.33. The van der Waals surface area contributed by atoms with Gasteiger partial charge in [-0.1, -0.05) is 24.3 Å². The molecule has 3 amide bonds. The molecule has 37 heavy (non-hydrogen) atoms. The second kappa shape index (κ2) is 10.9. The zero-order chi connectivity index (χ0) is 25.9. The molecule has 0 radical (unpaired) electrons. The van der Waals surface area contributed by atoms with E-state index in [4.69, 9.17) is 4.74 Å². The highest BCUT2D eigenvalue weighted by Gasteiger charge is 2.39. The third kappa shape index (κ3) is 5.65. The molecular formula is C29H33N3O5. The molecule has 0 saturated carbocycles. The van der Waals surface area contributed by atoms with Crippen LogP contribution in [0.1, 0.15) is 62.2 Å². The van der Waals surface area contributed by atoms with E-state index in [9.17, 15) is 19.2 Å². The minimum absolute atomic E-state index is 0.106. The van der Waals surface area contributed by atoms with Crippen molar-refractivity contribution in [2.75, 3.05) is 32.8 Å². The summed E-state index contributed by atoms with van der Waals surface area (Å²) >= 11 is 0. The number of ether oxygens (including phenoxy) is 1. The monoisotopic (exact) mass is 503 g/mol. The molecule has 2 aromatic carbocycles. The predicted octanol–water partition coefficient (Wildman–Crippen LogP) is 2.45. The van der Waals surface area contributed by atoms with Crippen LogP contribution in [0.2, 0.25) is 0 Å². The number of piperidine rings is 1. The van der Waals surface area contributed by atoms with E-state index in [1.54, 1.807) is 11.0 Å². The first kappa shape index (κ1) is 25.3. The number of hydrogen-bond donors (Lipinski definition) is 1. The van der Waals surface area contributed by atoms with Gasteiger partial charge in [-0.3, -0.25) is 29.4 Å². The first-order chi connectivity index (χ1) is 17.9. The highest BCUT2D eigenvalue weighted by molar-refractivity contribution is 6.05. The molecule has 5 rings (SSSR count). The molecule has 3 aliphatic heterocycles. The van der Waals surface area contributed by atoms with Crippen molar-refractivity contribution in [2.24, 2.45) is 0 Å². The Labute approximate surface area is 217 Å². The second-order valence-corrected chi connectivity index (χ2v) is 10.2. The summed E-state index contributed by atoms with van der Waals surface area (Å²) in [6.07, 6.45) is 2.45. The Morgan fingerprint density at radius 3 is 2.65 bits per heavy atom. The number of rotatable bonds is 8. The van der Waals surface area contributed by atoms with Crippen molar-refractivity contribution in [1.82, 2.24) is 15.1 Å². The van der Waals surface area contributed by atoms with E-state index >= 15 is 0 Å². The van der Waals surface area contributed by atoms with Crippen molar-refractivity contribution in [1.29, 1.82) is 0 Å². The number of ketones is 1. The lowest BCUT2D eigenvalue weighted by molar-refractivity contribution is -0.136. The van der Waals surface area contributed by atoms with Crippen LogP contribution in [0.15, 0.2) is 36.4 Å². The molecule has 0 aliphatic carbocycles. The van der Waals surface area contributed by atoms with Crippen LogP contribution in [-0.2, 0) is 33.7 Å². The van der Waals surface area contributed by atoms with Gasteiger partial charge in [-0.2, -0.15) is 0 Å². The first-order valence-corrected chi connectivity index (χ1v) is 13.1. The average molecular weight is 504 g/mol. The predicted molar refractivity (Wildman–Crippen MR) is 137 cm³/mol. The van der Waals surface area contributed by atoms with Gasteiger partial charge in [0.15, 0.2) is 5.78 Å². The van der Waals surface area contributed by atoms with Crippen LogP contribution in [0.4, 0.5) is 0 Å². The van der Waals surface area contributed by atoms with Crippen LogP contribution in [-0.4, -0.2) is 72.2 Å². The number of carbonyl (C=O) groups is 4. The Kier molecular flexibility index (Phi) is 7.48. The fourth-order valence-electron chi connectivity index (χ4n) is 5.40. The first-order valence-electron chi connectivity index (χ1n) is 13.1. The van der Waals surface area contributed by atoms with E-state index in [1.165, 1.54) is 11.1 Å². The summed E-state index contributed by atoms with van der Waals surface area (Å²) in [4.78, 5) is 53.6. The number of morpholine rings is 1. The molecule has 1 N–H and O–H groups in total. The lowest BCUT2D eigenvalue weighted by Gasteiger charge is -2.29. The average Bonchev–Trinajstić information content (AvgIpc) is 3.22. The van der Waals surface area contributed by atoms with Crippen molar-refractivity contribution < 1.29 is 23.9 Å². The van der Waals surface area contributed by atoms with Crippen LogP contribution in [0.25, 0.3) is 0 Å². The summed E-state index contributed by atoms with van der Waals surface area (Å²) in [5.41, 5.74) is 5.59. The number of nitrogens with zero attached hydrogens (tertiary/aromatic N) is 2. The Balaban J connectivity index is 1.19. The Hall–Kier alpha value is -3.36. The number of benzene rings is 2. The van der Waals surface area contributed by atoms with Crippen molar-refractivity contribution in [3.63, 3.8) is 0 Å². The molecule has 3 heterocycles. The summed E-state index contributed by atoms with van der Waals surface area (Å²) < 4.78 is 5.43. The Bertz CT molecular complexity index is 1230. The van der Waals surface area contributed by atoms with Gasteiger partial charge in [-0.25, -0.2) is 0 Å². The molecule has 194 valence electrons. The summed E-state index contributed by atoms with van der Waals surface area (Å²) in [6.45, 7) is 6.86. The maximum Gasteiger partial charge on any atom is 0.255 e. The molecule has 1 unspecified atom stereocenters. The zero-order valence-corrected chi connectivity index (χ0v) is 21.3. The van der Waals surface area contributed by atoms with Gasteiger partial charge in [0.1, 0.15) is 6.04 Å². The number of hydrogen-bond acceptors (Lipinski definition) is 6. The van der Waals surface area contributed by atoms with Crippen molar-refractivity contribution >= 4 is 23.5 Å². The third-order valence-electron chi connectivity index (χ3n) is 7.70. The molecule has 0 spiro atoms. The number of Topliss-reactive ketones (excluding diaryl/α,β-unsaturated/α-hetero) is 1. The lowest BCUT2D eigenvalue weighted by Crippen LogP contribution is -2.52. The van der Waals surface area contributed by atoms with Gasteiger partial charge < -0.3 is 9.64 Å². The molecule has 3 aliphatic rings. The minimum Gasteiger partial charge on any atom is -0.379 e. The fourth-order valence-corrected chi connectivity index (χ4v) is 5.40. The molecule has 0 aromatic heterocycles. The highest BCUT2D eigenvalue weighted by Crippen LogP contribution is 2.28. The summed E-state index contributed by atoms with van der Waals surface area (Å²) in [5.74, 6) is -0.786. The SMILES string of the molecule is Cc1ccc(C(=O)CCc2ccc3c(c2)CN(C2CCC(=O)NC2=O)C3=O)cc1CCN1CCOCC1. The smallest absolute Gasteiger partial charge is 0.255 e. The molecule has 8 heteroatoms. The Morgan fingerprint density at radius 2 is 1.86 bits per heavy atom. The van der Waals surface area contributed by atoms with Gasteiger partial charge in [0.05, 0.1) is 13.2 Å². The van der Waals surface area contributed by atoms with Crippen LogP contribution in [0.3, 0.4) is 0 Å². The van der Waals surface area contributed by atoms with Gasteiger partial charge in [-0.05, 0) is 60.6 Å². The summed E-state index contributed by atoms with van der Waals surface area (Å²) in [6, 6.07) is 11.0. The fraction of sp³-hybridized carbons (Fsp3) is 0.448. The molecule has 0 bridgehead atoms. The number of aryl methyl sites for hydroxylation is 2. The molecule has 1 atom stereocenters. The maximum absolute atomic E-state index is 13.0. The molecular weight excluding hydrogens is 470 g/mol. The van der Waals surface area contributed by atoms with E-state index in [-0.39, 0.29) is 24.0 Å². The highest BCUT2D eigenvalue weighted by atomic mass is 16.5. The quantitative estimate of drug-likeness (QED) is 0.439. The van der Waals surface area contributed by atoms with Crippen molar-refractivity contribution in [3.8, 4) is 0 Å². The van der Waals surface area contributed by atoms with Crippen LogP contribution in [0, 0.1) is 6.92 Å². The van der Waals surface area contributed by atoms with Crippen molar-refractivity contribution in [2.45, 2.75) is 51.6 Å².